The molecule has 0 saturated heterocycles. The number of rotatable bonds is 7. The van der Waals surface area contributed by atoms with Gasteiger partial charge < -0.3 is 15.4 Å². The van der Waals surface area contributed by atoms with Gasteiger partial charge in [0.1, 0.15) is 0 Å². The maximum atomic E-state index is 12.6. The van der Waals surface area contributed by atoms with Gasteiger partial charge in [-0.15, -0.1) is 0 Å². The number of methoxy groups -OCH3 is 1. The quantitative estimate of drug-likeness (QED) is 0.801. The van der Waals surface area contributed by atoms with Gasteiger partial charge in [0.15, 0.2) is 5.69 Å². The maximum absolute atomic E-state index is 12.6. The van der Waals surface area contributed by atoms with Crippen LogP contribution in [0, 0.1) is 0 Å². The first-order valence-electron chi connectivity index (χ1n) is 7.07. The van der Waals surface area contributed by atoms with Crippen LogP contribution in [0.5, 0.6) is 0 Å². The van der Waals surface area contributed by atoms with Crippen molar-refractivity contribution in [2.24, 2.45) is 0 Å². The minimum Gasteiger partial charge on any atom is -0.395 e. The molecule has 0 aliphatic heterocycles. The zero-order valence-electron chi connectivity index (χ0n) is 13.1. The van der Waals surface area contributed by atoms with Crippen LogP contribution in [0.1, 0.15) is 56.2 Å². The Kier molecular flexibility index (Phi) is 6.01. The van der Waals surface area contributed by atoms with E-state index in [0.717, 1.165) is 12.1 Å². The van der Waals surface area contributed by atoms with Crippen molar-refractivity contribution in [1.29, 1.82) is 0 Å². The number of nitrogens with one attached hydrogen (secondary N) is 1. The van der Waals surface area contributed by atoms with Gasteiger partial charge in [0.05, 0.1) is 18.0 Å². The molecule has 0 aromatic carbocycles. The Labute approximate surface area is 120 Å². The number of H-pyrrole nitrogens is 1. The third kappa shape index (κ3) is 3.50. The van der Waals surface area contributed by atoms with E-state index in [0.29, 0.717) is 24.5 Å². The SMILES string of the molecule is CCC(C)N(CCOC)C(=O)c1n[nH]c(C(C)C)c1N. The van der Waals surface area contributed by atoms with Crippen LogP contribution in [0.4, 0.5) is 5.69 Å². The van der Waals surface area contributed by atoms with E-state index in [-0.39, 0.29) is 17.9 Å². The zero-order chi connectivity index (χ0) is 15.3. The number of hydrogen-bond acceptors (Lipinski definition) is 4. The molecule has 1 atom stereocenters. The van der Waals surface area contributed by atoms with Crippen molar-refractivity contribution >= 4 is 11.6 Å². The lowest BCUT2D eigenvalue weighted by Gasteiger charge is -2.27. The standard InChI is InChI=1S/C14H26N4O2/c1-6-10(4)18(7-8-20-5)14(19)13-11(15)12(9(2)3)16-17-13/h9-10H,6-8,15H2,1-5H3,(H,16,17). The summed E-state index contributed by atoms with van der Waals surface area (Å²) in [5, 5.41) is 6.97. The second-order valence-electron chi connectivity index (χ2n) is 5.30. The molecule has 6 heteroatoms. The number of anilines is 1. The molecular formula is C14H26N4O2. The third-order valence-corrected chi connectivity index (χ3v) is 3.53. The highest BCUT2D eigenvalue weighted by Gasteiger charge is 2.26. The molecule has 0 aliphatic carbocycles. The number of ether oxygens (including phenoxy) is 1. The maximum Gasteiger partial charge on any atom is 0.276 e. The van der Waals surface area contributed by atoms with Crippen molar-refractivity contribution in [2.45, 2.75) is 46.1 Å². The average Bonchev–Trinajstić information content (AvgIpc) is 2.80. The summed E-state index contributed by atoms with van der Waals surface area (Å²) in [5.41, 5.74) is 7.61. The van der Waals surface area contributed by atoms with E-state index < -0.39 is 0 Å². The molecule has 0 aliphatic rings. The number of nitrogen functional groups attached to an aromatic ring is 1. The molecule has 0 fully saturated rings. The number of carbonyl (C=O) groups excluding carboxylic acids is 1. The number of aromatic nitrogens is 2. The first-order valence-corrected chi connectivity index (χ1v) is 7.07. The Morgan fingerprint density at radius 1 is 1.45 bits per heavy atom. The van der Waals surface area contributed by atoms with Gasteiger partial charge in [-0.2, -0.15) is 5.10 Å². The number of aromatic amines is 1. The summed E-state index contributed by atoms with van der Waals surface area (Å²) in [6.45, 7) is 9.11. The smallest absolute Gasteiger partial charge is 0.276 e. The zero-order valence-corrected chi connectivity index (χ0v) is 13.1. The molecule has 114 valence electrons. The molecule has 0 saturated carbocycles. The van der Waals surface area contributed by atoms with Crippen molar-refractivity contribution in [3.8, 4) is 0 Å². The minimum absolute atomic E-state index is 0.122. The van der Waals surface area contributed by atoms with Crippen LogP contribution in [0.2, 0.25) is 0 Å². The van der Waals surface area contributed by atoms with E-state index in [1.54, 1.807) is 12.0 Å². The fraction of sp³-hybridized carbons (Fsp3) is 0.714. The van der Waals surface area contributed by atoms with Crippen LogP contribution in [-0.4, -0.2) is 47.3 Å². The lowest BCUT2D eigenvalue weighted by Crippen LogP contribution is -2.41. The molecule has 1 unspecified atom stereocenters. The highest BCUT2D eigenvalue weighted by Crippen LogP contribution is 2.23. The predicted molar refractivity (Wildman–Crippen MR) is 79.8 cm³/mol. The van der Waals surface area contributed by atoms with Gasteiger partial charge in [-0.25, -0.2) is 0 Å². The van der Waals surface area contributed by atoms with Gasteiger partial charge >= 0.3 is 0 Å². The number of hydrogen-bond donors (Lipinski definition) is 2. The molecule has 1 rings (SSSR count). The molecule has 6 nitrogen and oxygen atoms in total. The molecule has 20 heavy (non-hydrogen) atoms. The van der Waals surface area contributed by atoms with Crippen molar-refractivity contribution in [1.82, 2.24) is 15.1 Å². The predicted octanol–water partition coefficient (Wildman–Crippen LogP) is 2.00. The second kappa shape index (κ2) is 7.28. The molecular weight excluding hydrogens is 256 g/mol. The molecule has 1 heterocycles. The van der Waals surface area contributed by atoms with E-state index in [1.807, 2.05) is 27.7 Å². The summed E-state index contributed by atoms with van der Waals surface area (Å²) in [6, 6.07) is 0.122. The summed E-state index contributed by atoms with van der Waals surface area (Å²) in [7, 11) is 1.62. The summed E-state index contributed by atoms with van der Waals surface area (Å²) in [5.74, 6) is 0.0668. The Balaban J connectivity index is 2.99. The van der Waals surface area contributed by atoms with E-state index in [1.165, 1.54) is 0 Å². The van der Waals surface area contributed by atoms with Gasteiger partial charge in [0.25, 0.3) is 5.91 Å². The van der Waals surface area contributed by atoms with Crippen LogP contribution in [-0.2, 0) is 4.74 Å². The molecule has 1 amide bonds. The lowest BCUT2D eigenvalue weighted by molar-refractivity contribution is 0.0609. The van der Waals surface area contributed by atoms with E-state index >= 15 is 0 Å². The highest BCUT2D eigenvalue weighted by molar-refractivity contribution is 5.97. The van der Waals surface area contributed by atoms with Crippen molar-refractivity contribution in [2.75, 3.05) is 26.0 Å². The summed E-state index contributed by atoms with van der Waals surface area (Å²) in [6.07, 6.45) is 0.872. The second-order valence-corrected chi connectivity index (χ2v) is 5.30. The Hall–Kier alpha value is -1.56. The number of nitrogens with two attached hydrogens (primary N) is 1. The summed E-state index contributed by atoms with van der Waals surface area (Å²) in [4.78, 5) is 14.4. The fourth-order valence-corrected chi connectivity index (χ4v) is 2.04. The number of amides is 1. The largest absolute Gasteiger partial charge is 0.395 e. The highest BCUT2D eigenvalue weighted by atomic mass is 16.5. The average molecular weight is 282 g/mol. The number of nitrogens with zero attached hydrogens (tertiary/aromatic N) is 2. The summed E-state index contributed by atoms with van der Waals surface area (Å²) >= 11 is 0. The van der Waals surface area contributed by atoms with Crippen LogP contribution in [0.15, 0.2) is 0 Å². The Morgan fingerprint density at radius 2 is 2.10 bits per heavy atom. The van der Waals surface area contributed by atoms with Crippen LogP contribution in [0.25, 0.3) is 0 Å². The fourth-order valence-electron chi connectivity index (χ4n) is 2.04. The van der Waals surface area contributed by atoms with Gasteiger partial charge in [-0.1, -0.05) is 20.8 Å². The Morgan fingerprint density at radius 3 is 2.55 bits per heavy atom. The molecule has 0 spiro atoms. The van der Waals surface area contributed by atoms with Gasteiger partial charge in [0, 0.05) is 19.7 Å². The molecule has 3 N–H and O–H groups in total. The van der Waals surface area contributed by atoms with Gasteiger partial charge in [0.2, 0.25) is 0 Å². The van der Waals surface area contributed by atoms with Gasteiger partial charge in [-0.3, -0.25) is 9.89 Å². The molecule has 0 bridgehead atoms. The first-order chi connectivity index (χ1) is 9.43. The Bertz CT molecular complexity index is 442. The lowest BCUT2D eigenvalue weighted by atomic mass is 10.1. The third-order valence-electron chi connectivity index (χ3n) is 3.53. The normalized spacial score (nSPS) is 12.7. The van der Waals surface area contributed by atoms with Crippen molar-refractivity contribution in [3.63, 3.8) is 0 Å². The van der Waals surface area contributed by atoms with Crippen LogP contribution >= 0.6 is 0 Å². The van der Waals surface area contributed by atoms with Crippen LogP contribution < -0.4 is 5.73 Å². The van der Waals surface area contributed by atoms with E-state index in [2.05, 4.69) is 10.2 Å². The minimum atomic E-state index is -0.142. The summed E-state index contributed by atoms with van der Waals surface area (Å²) < 4.78 is 5.07. The van der Waals surface area contributed by atoms with Crippen molar-refractivity contribution in [3.05, 3.63) is 11.4 Å². The van der Waals surface area contributed by atoms with Crippen molar-refractivity contribution < 1.29 is 9.53 Å². The molecule has 1 aromatic rings. The van der Waals surface area contributed by atoms with Crippen LogP contribution in [0.3, 0.4) is 0 Å². The topological polar surface area (TPSA) is 84.2 Å². The molecule has 1 aromatic heterocycles. The molecule has 0 radical (unpaired) electrons. The number of carbonyl (C=O) groups is 1. The monoisotopic (exact) mass is 282 g/mol. The van der Waals surface area contributed by atoms with E-state index in [9.17, 15) is 4.79 Å². The first kappa shape index (κ1) is 16.5. The van der Waals surface area contributed by atoms with Gasteiger partial charge in [-0.05, 0) is 19.3 Å². The van der Waals surface area contributed by atoms with E-state index in [4.69, 9.17) is 10.5 Å².